The average molecular weight is 256 g/mol. The Morgan fingerprint density at radius 2 is 2.11 bits per heavy atom. The highest BCUT2D eigenvalue weighted by molar-refractivity contribution is 6.11. The smallest absolute Gasteiger partial charge is 0.369 e. The predicted molar refractivity (Wildman–Crippen MR) is 60.4 cm³/mol. The number of carbonyl (C=O) groups excluding carboxylic acids is 1. The van der Waals surface area contributed by atoms with Crippen LogP contribution in [-0.2, 0) is 17.4 Å². The van der Waals surface area contributed by atoms with Gasteiger partial charge in [-0.2, -0.15) is 13.2 Å². The van der Waals surface area contributed by atoms with Crippen LogP contribution in [0.4, 0.5) is 13.2 Å². The number of alkyl halides is 3. The van der Waals surface area contributed by atoms with Crippen LogP contribution in [0.15, 0.2) is 23.2 Å². The first kappa shape index (κ1) is 12.6. The van der Waals surface area contributed by atoms with Gasteiger partial charge in [-0.25, -0.2) is 0 Å². The first-order valence-corrected chi connectivity index (χ1v) is 5.40. The van der Waals surface area contributed by atoms with Gasteiger partial charge in [0.15, 0.2) is 0 Å². The van der Waals surface area contributed by atoms with Crippen LogP contribution in [0.5, 0.6) is 0 Å². The maximum Gasteiger partial charge on any atom is 0.416 e. The lowest BCUT2D eigenvalue weighted by molar-refractivity contribution is -0.137. The van der Waals surface area contributed by atoms with Gasteiger partial charge in [-0.15, -0.1) is 0 Å². The summed E-state index contributed by atoms with van der Waals surface area (Å²) >= 11 is 0. The standard InChI is InChI=1S/C12H11F3N2O/c13-12(14,15)8-2-1-7-3-4-17-10(6-11(16)18)9(7)5-8/h1-2,5H,3-4,6H2,(H2,16,18). The summed E-state index contributed by atoms with van der Waals surface area (Å²) < 4.78 is 37.8. The van der Waals surface area contributed by atoms with E-state index in [1.165, 1.54) is 6.07 Å². The molecule has 0 bridgehead atoms. The van der Waals surface area contributed by atoms with E-state index in [9.17, 15) is 18.0 Å². The van der Waals surface area contributed by atoms with Crippen LogP contribution in [0.3, 0.4) is 0 Å². The predicted octanol–water partition coefficient (Wildman–Crippen LogP) is 1.93. The summed E-state index contributed by atoms with van der Waals surface area (Å²) in [5.74, 6) is -0.598. The summed E-state index contributed by atoms with van der Waals surface area (Å²) in [6.07, 6.45) is -3.95. The lowest BCUT2D eigenvalue weighted by Gasteiger charge is -2.18. The molecular weight excluding hydrogens is 245 g/mol. The van der Waals surface area contributed by atoms with Crippen molar-refractivity contribution in [3.63, 3.8) is 0 Å². The number of amides is 1. The van der Waals surface area contributed by atoms with E-state index in [2.05, 4.69) is 4.99 Å². The Hall–Kier alpha value is -1.85. The zero-order chi connectivity index (χ0) is 13.3. The Kier molecular flexibility index (Phi) is 3.11. The van der Waals surface area contributed by atoms with Gasteiger partial charge in [-0.05, 0) is 29.7 Å². The minimum Gasteiger partial charge on any atom is -0.369 e. The summed E-state index contributed by atoms with van der Waals surface area (Å²) in [6, 6.07) is 3.52. The zero-order valence-corrected chi connectivity index (χ0v) is 9.42. The Morgan fingerprint density at radius 1 is 1.39 bits per heavy atom. The lowest BCUT2D eigenvalue weighted by atomic mass is 9.93. The highest BCUT2D eigenvalue weighted by Crippen LogP contribution is 2.31. The molecule has 0 radical (unpaired) electrons. The molecule has 1 aliphatic heterocycles. The maximum absolute atomic E-state index is 12.6. The Balaban J connectivity index is 2.44. The van der Waals surface area contributed by atoms with Crippen molar-refractivity contribution in [2.24, 2.45) is 10.7 Å². The van der Waals surface area contributed by atoms with Crippen LogP contribution in [0.1, 0.15) is 23.1 Å². The van der Waals surface area contributed by atoms with Gasteiger partial charge in [-0.1, -0.05) is 6.07 Å². The number of hydrogen-bond donors (Lipinski definition) is 1. The molecule has 6 heteroatoms. The second kappa shape index (κ2) is 4.44. The second-order valence-electron chi connectivity index (χ2n) is 4.09. The SMILES string of the molecule is NC(=O)CC1=NCCc2ccc(C(F)(F)F)cc21. The molecular formula is C12H11F3N2O. The molecule has 1 heterocycles. The first-order valence-electron chi connectivity index (χ1n) is 5.40. The van der Waals surface area contributed by atoms with E-state index >= 15 is 0 Å². The van der Waals surface area contributed by atoms with E-state index in [1.54, 1.807) is 0 Å². The van der Waals surface area contributed by atoms with Gasteiger partial charge in [0.05, 0.1) is 17.7 Å². The van der Waals surface area contributed by atoms with E-state index < -0.39 is 17.6 Å². The van der Waals surface area contributed by atoms with Gasteiger partial charge < -0.3 is 5.73 Å². The van der Waals surface area contributed by atoms with Crippen molar-refractivity contribution in [1.82, 2.24) is 0 Å². The third-order valence-electron chi connectivity index (χ3n) is 2.77. The molecule has 0 aromatic heterocycles. The molecule has 0 saturated carbocycles. The molecule has 0 atom stereocenters. The quantitative estimate of drug-likeness (QED) is 0.863. The summed E-state index contributed by atoms with van der Waals surface area (Å²) in [4.78, 5) is 15.0. The number of carbonyl (C=O) groups is 1. The Labute approximate surface area is 102 Å². The van der Waals surface area contributed by atoms with Crippen LogP contribution in [0.2, 0.25) is 0 Å². The highest BCUT2D eigenvalue weighted by atomic mass is 19.4. The van der Waals surface area contributed by atoms with Crippen LogP contribution in [0, 0.1) is 0 Å². The van der Waals surface area contributed by atoms with Crippen molar-refractivity contribution >= 4 is 11.6 Å². The minimum absolute atomic E-state index is 0.131. The lowest BCUT2D eigenvalue weighted by Crippen LogP contribution is -2.22. The number of aliphatic imine (C=N–C) groups is 1. The maximum atomic E-state index is 12.6. The van der Waals surface area contributed by atoms with E-state index in [4.69, 9.17) is 5.73 Å². The van der Waals surface area contributed by atoms with E-state index in [0.29, 0.717) is 24.2 Å². The molecule has 1 aromatic carbocycles. The van der Waals surface area contributed by atoms with Crippen molar-refractivity contribution in [3.8, 4) is 0 Å². The van der Waals surface area contributed by atoms with Gasteiger partial charge in [-0.3, -0.25) is 9.79 Å². The summed E-state index contributed by atoms with van der Waals surface area (Å²) in [5.41, 5.74) is 5.83. The van der Waals surface area contributed by atoms with Crippen molar-refractivity contribution in [2.45, 2.75) is 19.0 Å². The molecule has 1 amide bonds. The molecule has 2 N–H and O–H groups in total. The molecule has 96 valence electrons. The van der Waals surface area contributed by atoms with Gasteiger partial charge in [0, 0.05) is 6.54 Å². The highest BCUT2D eigenvalue weighted by Gasteiger charge is 2.31. The fraction of sp³-hybridized carbons (Fsp3) is 0.333. The number of halogens is 3. The third kappa shape index (κ3) is 2.52. The Morgan fingerprint density at radius 3 is 2.72 bits per heavy atom. The summed E-state index contributed by atoms with van der Waals surface area (Å²) in [6.45, 7) is 0.473. The molecule has 0 fully saturated rings. The van der Waals surface area contributed by atoms with Crippen molar-refractivity contribution in [1.29, 1.82) is 0 Å². The molecule has 0 spiro atoms. The number of nitrogens with zero attached hydrogens (tertiary/aromatic N) is 1. The van der Waals surface area contributed by atoms with Gasteiger partial charge >= 0.3 is 6.18 Å². The number of nitrogens with two attached hydrogens (primary N) is 1. The molecule has 3 nitrogen and oxygen atoms in total. The van der Waals surface area contributed by atoms with Crippen molar-refractivity contribution in [3.05, 3.63) is 34.9 Å². The minimum atomic E-state index is -4.40. The topological polar surface area (TPSA) is 55.5 Å². The van der Waals surface area contributed by atoms with E-state index in [-0.39, 0.29) is 6.42 Å². The molecule has 0 unspecified atom stereocenters. The molecule has 1 aliphatic rings. The first-order chi connectivity index (χ1) is 8.38. The summed E-state index contributed by atoms with van der Waals surface area (Å²) in [7, 11) is 0. The van der Waals surface area contributed by atoms with Crippen LogP contribution >= 0.6 is 0 Å². The fourth-order valence-electron chi connectivity index (χ4n) is 1.95. The Bertz CT molecular complexity index is 521. The molecule has 18 heavy (non-hydrogen) atoms. The van der Waals surface area contributed by atoms with Gasteiger partial charge in [0.25, 0.3) is 0 Å². The third-order valence-corrected chi connectivity index (χ3v) is 2.77. The van der Waals surface area contributed by atoms with E-state index in [0.717, 1.165) is 17.7 Å². The molecule has 2 rings (SSSR count). The summed E-state index contributed by atoms with van der Waals surface area (Å²) in [5, 5.41) is 0. The fourth-order valence-corrected chi connectivity index (χ4v) is 1.95. The van der Waals surface area contributed by atoms with Gasteiger partial charge in [0.1, 0.15) is 0 Å². The number of benzene rings is 1. The van der Waals surface area contributed by atoms with Gasteiger partial charge in [0.2, 0.25) is 5.91 Å². The number of rotatable bonds is 2. The van der Waals surface area contributed by atoms with Crippen molar-refractivity contribution in [2.75, 3.05) is 6.54 Å². The molecule has 0 aliphatic carbocycles. The average Bonchev–Trinajstić information content (AvgIpc) is 2.27. The molecule has 1 aromatic rings. The van der Waals surface area contributed by atoms with Crippen molar-refractivity contribution < 1.29 is 18.0 Å². The zero-order valence-electron chi connectivity index (χ0n) is 9.42. The second-order valence-corrected chi connectivity index (χ2v) is 4.09. The number of fused-ring (bicyclic) bond motifs is 1. The monoisotopic (exact) mass is 256 g/mol. The number of primary amides is 1. The van der Waals surface area contributed by atoms with E-state index in [1.807, 2.05) is 0 Å². The normalized spacial score (nSPS) is 14.9. The largest absolute Gasteiger partial charge is 0.416 e. The van der Waals surface area contributed by atoms with Crippen LogP contribution in [-0.4, -0.2) is 18.2 Å². The molecule has 0 saturated heterocycles. The van der Waals surface area contributed by atoms with Crippen LogP contribution in [0.25, 0.3) is 0 Å². The van der Waals surface area contributed by atoms with Crippen LogP contribution < -0.4 is 5.73 Å². The number of hydrogen-bond acceptors (Lipinski definition) is 2.